The van der Waals surface area contributed by atoms with Gasteiger partial charge in [-0.1, -0.05) is 30.3 Å². The Morgan fingerprint density at radius 3 is 2.32 bits per heavy atom. The maximum absolute atomic E-state index is 12.1. The van der Waals surface area contributed by atoms with Crippen molar-refractivity contribution in [3.8, 4) is 0 Å². The maximum Gasteiger partial charge on any atom is 0.295 e. The van der Waals surface area contributed by atoms with Crippen LogP contribution in [0.1, 0.15) is 9.67 Å². The summed E-state index contributed by atoms with van der Waals surface area (Å²) in [7, 11) is -4.48. The summed E-state index contributed by atoms with van der Waals surface area (Å²) in [6.07, 6.45) is 0. The Balaban J connectivity index is 1.61. The highest BCUT2D eigenvalue weighted by Crippen LogP contribution is 2.36. The van der Waals surface area contributed by atoms with E-state index >= 15 is 0 Å². The fourth-order valence-electron chi connectivity index (χ4n) is 2.97. The van der Waals surface area contributed by atoms with Crippen LogP contribution in [0.15, 0.2) is 87.2 Å². The minimum atomic E-state index is -4.48. The predicted molar refractivity (Wildman–Crippen MR) is 121 cm³/mol. The van der Waals surface area contributed by atoms with Gasteiger partial charge in [0.05, 0.1) is 16.3 Å². The molecule has 8 nitrogen and oxygen atoms in total. The number of fused-ring (bicyclic) bond motifs is 1. The van der Waals surface area contributed by atoms with Gasteiger partial charge >= 0.3 is 0 Å². The lowest BCUT2D eigenvalue weighted by Crippen LogP contribution is -2.09. The van der Waals surface area contributed by atoms with Crippen molar-refractivity contribution in [2.45, 2.75) is 4.90 Å². The number of hydrogen-bond acceptors (Lipinski definition) is 7. The number of anilines is 2. The number of nitrogen functional groups attached to an aromatic ring is 1. The summed E-state index contributed by atoms with van der Waals surface area (Å²) in [6.45, 7) is 0. The second-order valence-corrected chi connectivity index (χ2v) is 8.84. The van der Waals surface area contributed by atoms with Crippen LogP contribution in [0.25, 0.3) is 10.8 Å². The van der Waals surface area contributed by atoms with Crippen LogP contribution in [-0.4, -0.2) is 18.9 Å². The van der Waals surface area contributed by atoms with Crippen LogP contribution in [-0.2, 0) is 10.1 Å². The molecule has 0 saturated heterocycles. The first-order valence-corrected chi connectivity index (χ1v) is 11.3. The number of azo groups is 1. The molecular weight excluding hydrogens is 436 g/mol. The summed E-state index contributed by atoms with van der Waals surface area (Å²) in [6, 6.07) is 17.9. The second-order valence-electron chi connectivity index (χ2n) is 6.51. The molecule has 0 aliphatic rings. The third-order valence-electron chi connectivity index (χ3n) is 4.45. The van der Waals surface area contributed by atoms with Gasteiger partial charge in [-0.25, -0.2) is 0 Å². The molecule has 0 atom stereocenters. The summed E-state index contributed by atoms with van der Waals surface area (Å²) in [5.41, 5.74) is 7.56. The summed E-state index contributed by atoms with van der Waals surface area (Å²) >= 11 is 1.35. The SMILES string of the molecule is Nc1c(N=Nc2ccc(NC(=O)c3cccs3)cc2)cc(S(=O)(=O)O)c2ccccc12. The molecule has 0 aliphatic carbocycles. The van der Waals surface area contributed by atoms with Gasteiger partial charge in [-0.05, 0) is 41.8 Å². The third-order valence-corrected chi connectivity index (χ3v) is 6.21. The zero-order valence-electron chi connectivity index (χ0n) is 15.9. The summed E-state index contributed by atoms with van der Waals surface area (Å²) in [5.74, 6) is -0.203. The number of amides is 1. The van der Waals surface area contributed by atoms with Crippen molar-refractivity contribution < 1.29 is 17.8 Å². The van der Waals surface area contributed by atoms with E-state index in [-0.39, 0.29) is 22.2 Å². The van der Waals surface area contributed by atoms with Crippen LogP contribution >= 0.6 is 11.3 Å². The Bertz CT molecular complexity index is 1400. The van der Waals surface area contributed by atoms with E-state index in [2.05, 4.69) is 15.5 Å². The van der Waals surface area contributed by atoms with E-state index in [4.69, 9.17) is 5.73 Å². The van der Waals surface area contributed by atoms with Gasteiger partial charge in [0, 0.05) is 16.5 Å². The van der Waals surface area contributed by atoms with Crippen LogP contribution in [0.3, 0.4) is 0 Å². The van der Waals surface area contributed by atoms with Gasteiger partial charge in [0.15, 0.2) is 0 Å². The summed E-state index contributed by atoms with van der Waals surface area (Å²) in [4.78, 5) is 12.4. The molecule has 1 heterocycles. The van der Waals surface area contributed by atoms with E-state index in [1.807, 2.05) is 5.38 Å². The smallest absolute Gasteiger partial charge is 0.295 e. The highest BCUT2D eigenvalue weighted by atomic mass is 32.2. The van der Waals surface area contributed by atoms with E-state index in [1.54, 1.807) is 60.7 Å². The monoisotopic (exact) mass is 452 g/mol. The Morgan fingerprint density at radius 2 is 1.68 bits per heavy atom. The second kappa shape index (κ2) is 8.26. The van der Waals surface area contributed by atoms with E-state index in [0.717, 1.165) is 0 Å². The molecule has 0 radical (unpaired) electrons. The zero-order chi connectivity index (χ0) is 22.0. The fraction of sp³-hybridized carbons (Fsp3) is 0. The van der Waals surface area contributed by atoms with Crippen molar-refractivity contribution in [3.05, 3.63) is 77.0 Å². The van der Waals surface area contributed by atoms with Gasteiger partial charge in [0.1, 0.15) is 10.6 Å². The minimum absolute atomic E-state index is 0.112. The molecule has 0 unspecified atom stereocenters. The standard InChI is InChI=1S/C21H16N4O4S2/c22-20-16-5-2-1-4-15(16)19(31(27,28)29)12-17(20)25-24-14-9-7-13(8-10-14)23-21(26)18-6-3-11-30-18/h1-12H,22H2,(H,23,26)(H,27,28,29). The van der Waals surface area contributed by atoms with Crippen LogP contribution < -0.4 is 11.1 Å². The van der Waals surface area contributed by atoms with Gasteiger partial charge in [-0.3, -0.25) is 9.35 Å². The molecule has 0 spiro atoms. The lowest BCUT2D eigenvalue weighted by Gasteiger charge is -2.09. The molecule has 1 amide bonds. The number of nitrogens with zero attached hydrogens (tertiary/aromatic N) is 2. The van der Waals surface area contributed by atoms with E-state index in [0.29, 0.717) is 27.0 Å². The van der Waals surface area contributed by atoms with Crippen molar-refractivity contribution in [2.24, 2.45) is 10.2 Å². The van der Waals surface area contributed by atoms with Crippen molar-refractivity contribution in [3.63, 3.8) is 0 Å². The van der Waals surface area contributed by atoms with Crippen molar-refractivity contribution in [1.82, 2.24) is 0 Å². The Hall–Kier alpha value is -3.60. The van der Waals surface area contributed by atoms with Crippen LogP contribution in [0.5, 0.6) is 0 Å². The topological polar surface area (TPSA) is 134 Å². The van der Waals surface area contributed by atoms with Crippen molar-refractivity contribution >= 4 is 60.9 Å². The summed E-state index contributed by atoms with van der Waals surface area (Å²) in [5, 5.41) is 13.5. The van der Waals surface area contributed by atoms with E-state index in [9.17, 15) is 17.8 Å². The number of nitrogens with two attached hydrogens (primary N) is 1. The minimum Gasteiger partial charge on any atom is -0.396 e. The number of nitrogens with one attached hydrogen (secondary N) is 1. The normalized spacial score (nSPS) is 11.8. The molecule has 156 valence electrons. The zero-order valence-corrected chi connectivity index (χ0v) is 17.5. The van der Waals surface area contributed by atoms with E-state index < -0.39 is 10.1 Å². The Kier molecular flexibility index (Phi) is 5.51. The summed E-state index contributed by atoms with van der Waals surface area (Å²) < 4.78 is 33.2. The predicted octanol–water partition coefficient (Wildman–Crippen LogP) is 5.40. The largest absolute Gasteiger partial charge is 0.396 e. The third kappa shape index (κ3) is 4.45. The molecule has 3 aromatic carbocycles. The number of benzene rings is 3. The number of thiophene rings is 1. The molecule has 0 bridgehead atoms. The number of carbonyl (C=O) groups is 1. The Labute approximate surface area is 181 Å². The van der Waals surface area contributed by atoms with Crippen molar-refractivity contribution in [1.29, 1.82) is 0 Å². The molecular formula is C21H16N4O4S2. The average Bonchev–Trinajstić information content (AvgIpc) is 3.29. The molecule has 4 aromatic rings. The molecule has 4 rings (SSSR count). The van der Waals surface area contributed by atoms with Gasteiger partial charge in [-0.15, -0.1) is 16.5 Å². The molecule has 0 fully saturated rings. The molecule has 31 heavy (non-hydrogen) atoms. The highest BCUT2D eigenvalue weighted by Gasteiger charge is 2.18. The fourth-order valence-corrected chi connectivity index (χ4v) is 4.31. The number of rotatable bonds is 5. The first kappa shape index (κ1) is 20.7. The average molecular weight is 453 g/mol. The number of hydrogen-bond donors (Lipinski definition) is 3. The van der Waals surface area contributed by atoms with Crippen LogP contribution in [0, 0.1) is 0 Å². The molecule has 0 saturated carbocycles. The van der Waals surface area contributed by atoms with Gasteiger partial charge < -0.3 is 11.1 Å². The van der Waals surface area contributed by atoms with E-state index in [1.165, 1.54) is 17.4 Å². The lowest BCUT2D eigenvalue weighted by molar-refractivity contribution is 0.103. The van der Waals surface area contributed by atoms with Gasteiger partial charge in [-0.2, -0.15) is 13.5 Å². The van der Waals surface area contributed by atoms with Crippen molar-refractivity contribution in [2.75, 3.05) is 11.1 Å². The lowest BCUT2D eigenvalue weighted by atomic mass is 10.1. The quantitative estimate of drug-likeness (QED) is 0.212. The molecule has 0 aliphatic heterocycles. The maximum atomic E-state index is 12.1. The Morgan fingerprint density at radius 1 is 0.968 bits per heavy atom. The van der Waals surface area contributed by atoms with Crippen LogP contribution in [0.2, 0.25) is 0 Å². The molecule has 1 aromatic heterocycles. The highest BCUT2D eigenvalue weighted by molar-refractivity contribution is 7.86. The number of carbonyl (C=O) groups excluding carboxylic acids is 1. The first-order valence-electron chi connectivity index (χ1n) is 8.98. The molecule has 4 N–H and O–H groups in total. The van der Waals surface area contributed by atoms with Gasteiger partial charge in [0.25, 0.3) is 16.0 Å². The first-order chi connectivity index (χ1) is 14.8. The molecule has 10 heteroatoms. The van der Waals surface area contributed by atoms with Gasteiger partial charge in [0.2, 0.25) is 0 Å². The van der Waals surface area contributed by atoms with Crippen LogP contribution in [0.4, 0.5) is 22.7 Å².